The Labute approximate surface area is 216 Å². The fourth-order valence-electron chi connectivity index (χ4n) is 3.19. The van der Waals surface area contributed by atoms with E-state index in [1.54, 1.807) is 53.8 Å². The maximum atomic E-state index is 12.9. The smallest absolute Gasteiger partial charge is 0.407 e. The first-order chi connectivity index (χ1) is 16.1. The first-order valence-corrected chi connectivity index (χ1v) is 13.5. The number of alkyl carbamates (subject to hydrolysis) is 1. The van der Waals surface area contributed by atoms with E-state index in [-0.39, 0.29) is 17.5 Å². The average molecular weight is 569 g/mol. The van der Waals surface area contributed by atoms with Crippen LogP contribution in [0.2, 0.25) is 0 Å². The molecule has 0 saturated carbocycles. The van der Waals surface area contributed by atoms with Crippen LogP contribution in [0.3, 0.4) is 0 Å². The van der Waals surface area contributed by atoms with Crippen LogP contribution in [0.1, 0.15) is 51.3 Å². The van der Waals surface area contributed by atoms with E-state index >= 15 is 0 Å². The van der Waals surface area contributed by atoms with Crippen LogP contribution in [0.15, 0.2) is 45.8 Å². The molecule has 10 heteroatoms. The molecule has 8 nitrogen and oxygen atoms in total. The number of nitrogens with one attached hydrogen (secondary N) is 2. The van der Waals surface area contributed by atoms with E-state index in [2.05, 4.69) is 26.6 Å². The van der Waals surface area contributed by atoms with Gasteiger partial charge in [0.25, 0.3) is 0 Å². The number of urea groups is 1. The number of amides is 3. The quantitative estimate of drug-likeness (QED) is 0.451. The highest BCUT2D eigenvalue weighted by Gasteiger charge is 2.24. The minimum atomic E-state index is -3.62. The topological polar surface area (TPSA) is 105 Å². The van der Waals surface area contributed by atoms with Crippen LogP contribution < -0.4 is 10.6 Å². The fraction of sp³-hybridized carbons (Fsp3) is 0.440. The summed E-state index contributed by atoms with van der Waals surface area (Å²) in [6.07, 6.45) is -0.663. The van der Waals surface area contributed by atoms with Crippen molar-refractivity contribution < 1.29 is 22.7 Å². The summed E-state index contributed by atoms with van der Waals surface area (Å²) in [5.74, 6) is 0. The highest BCUT2D eigenvalue weighted by atomic mass is 79.9. The molecule has 0 saturated heterocycles. The second-order valence-electron chi connectivity index (χ2n) is 9.63. The molecule has 2 rings (SSSR count). The van der Waals surface area contributed by atoms with Crippen LogP contribution in [0, 0.1) is 6.92 Å². The van der Waals surface area contributed by atoms with Crippen LogP contribution in [0.4, 0.5) is 15.3 Å². The summed E-state index contributed by atoms with van der Waals surface area (Å²) in [7, 11) is -1.94. The molecule has 2 aromatic rings. The zero-order valence-electron chi connectivity index (χ0n) is 21.2. The van der Waals surface area contributed by atoms with Gasteiger partial charge in [0.05, 0.1) is 10.1 Å². The van der Waals surface area contributed by atoms with Crippen LogP contribution in [-0.4, -0.2) is 43.3 Å². The third-order valence-electron chi connectivity index (χ3n) is 5.12. The predicted octanol–water partition coefficient (Wildman–Crippen LogP) is 5.63. The van der Waals surface area contributed by atoms with E-state index < -0.39 is 26.8 Å². The first-order valence-electron chi connectivity index (χ1n) is 11.2. The second kappa shape index (κ2) is 11.4. The van der Waals surface area contributed by atoms with Crippen molar-refractivity contribution in [2.45, 2.75) is 70.4 Å². The molecule has 0 aliphatic rings. The third kappa shape index (κ3) is 8.24. The molecule has 3 amide bonds. The molecule has 0 spiro atoms. The third-order valence-corrected chi connectivity index (χ3v) is 7.87. The van der Waals surface area contributed by atoms with Gasteiger partial charge < -0.3 is 20.3 Å². The van der Waals surface area contributed by atoms with Crippen LogP contribution in [0.25, 0.3) is 0 Å². The molecular formula is C25H34BrN3O5S. The summed E-state index contributed by atoms with van der Waals surface area (Å²) < 4.78 is 32.0. The molecule has 0 unspecified atom stereocenters. The van der Waals surface area contributed by atoms with E-state index in [9.17, 15) is 18.0 Å². The number of carbonyl (C=O) groups is 2. The molecule has 192 valence electrons. The van der Waals surface area contributed by atoms with E-state index in [1.165, 1.54) is 11.0 Å². The number of hydrogen-bond acceptors (Lipinski definition) is 5. The SMILES string of the molecule is Cc1cc(Br)ccc1CN(C)C(=O)Nc1ccc(S(=O)(=O)C(C)C)c(CNC(=O)OC(C)(C)C)c1. The first kappa shape index (κ1) is 28.6. The molecule has 2 aromatic carbocycles. The van der Waals surface area contributed by atoms with E-state index in [0.29, 0.717) is 17.8 Å². The van der Waals surface area contributed by atoms with E-state index in [0.717, 1.165) is 15.6 Å². The van der Waals surface area contributed by atoms with Gasteiger partial charge in [-0.2, -0.15) is 0 Å². The number of halogens is 1. The number of aryl methyl sites for hydroxylation is 1. The van der Waals surface area contributed by atoms with Gasteiger partial charge >= 0.3 is 12.1 Å². The highest BCUT2D eigenvalue weighted by molar-refractivity contribution is 9.10. The minimum Gasteiger partial charge on any atom is -0.444 e. The molecule has 0 atom stereocenters. The molecular weight excluding hydrogens is 534 g/mol. The van der Waals surface area contributed by atoms with Crippen molar-refractivity contribution in [3.05, 3.63) is 57.6 Å². The summed E-state index contributed by atoms with van der Waals surface area (Å²) in [5, 5.41) is 4.76. The molecule has 0 bridgehead atoms. The monoisotopic (exact) mass is 567 g/mol. The molecule has 0 aliphatic heterocycles. The van der Waals surface area contributed by atoms with E-state index in [1.807, 2.05) is 25.1 Å². The van der Waals surface area contributed by atoms with Crippen molar-refractivity contribution in [1.29, 1.82) is 0 Å². The highest BCUT2D eigenvalue weighted by Crippen LogP contribution is 2.25. The fourth-order valence-corrected chi connectivity index (χ4v) is 4.93. The van der Waals surface area contributed by atoms with Crippen molar-refractivity contribution >= 4 is 43.6 Å². The van der Waals surface area contributed by atoms with Crippen LogP contribution >= 0.6 is 15.9 Å². The summed E-state index contributed by atoms with van der Waals surface area (Å²) in [6, 6.07) is 10.1. The number of anilines is 1. The Kier molecular flexibility index (Phi) is 9.36. The van der Waals surface area contributed by atoms with Crippen LogP contribution in [-0.2, 0) is 27.7 Å². The minimum absolute atomic E-state index is 0.0756. The lowest BCUT2D eigenvalue weighted by Gasteiger charge is -2.21. The van der Waals surface area contributed by atoms with Gasteiger partial charge in [-0.25, -0.2) is 18.0 Å². The summed E-state index contributed by atoms with van der Waals surface area (Å²) in [6.45, 7) is 10.7. The van der Waals surface area contributed by atoms with Gasteiger partial charge in [-0.05, 0) is 88.6 Å². The largest absolute Gasteiger partial charge is 0.444 e. The van der Waals surface area contributed by atoms with Crippen molar-refractivity contribution in [1.82, 2.24) is 10.2 Å². The van der Waals surface area contributed by atoms with Gasteiger partial charge in [-0.3, -0.25) is 0 Å². The molecule has 2 N–H and O–H groups in total. The zero-order valence-corrected chi connectivity index (χ0v) is 23.6. The van der Waals surface area contributed by atoms with Gasteiger partial charge in [0.1, 0.15) is 5.60 Å². The van der Waals surface area contributed by atoms with Gasteiger partial charge in [0.15, 0.2) is 9.84 Å². The molecule has 0 fully saturated rings. The number of hydrogen-bond donors (Lipinski definition) is 2. The summed E-state index contributed by atoms with van der Waals surface area (Å²) in [5.41, 5.74) is 2.14. The van der Waals surface area contributed by atoms with Crippen molar-refractivity contribution in [2.75, 3.05) is 12.4 Å². The molecule has 35 heavy (non-hydrogen) atoms. The molecule has 0 aliphatic carbocycles. The number of nitrogens with zero attached hydrogens (tertiary/aromatic N) is 1. The lowest BCUT2D eigenvalue weighted by Crippen LogP contribution is -2.33. The number of ether oxygens (including phenoxy) is 1. The normalized spacial score (nSPS) is 11.8. The van der Waals surface area contributed by atoms with Crippen molar-refractivity contribution in [2.24, 2.45) is 0 Å². The maximum absolute atomic E-state index is 12.9. The number of carbonyl (C=O) groups excluding carboxylic acids is 2. The summed E-state index contributed by atoms with van der Waals surface area (Å²) in [4.78, 5) is 26.6. The molecule has 0 aromatic heterocycles. The number of sulfone groups is 1. The zero-order chi connectivity index (χ0) is 26.6. The Balaban J connectivity index is 2.24. The Morgan fingerprint density at radius 1 is 1.09 bits per heavy atom. The Morgan fingerprint density at radius 2 is 1.74 bits per heavy atom. The van der Waals surface area contributed by atoms with E-state index in [4.69, 9.17) is 4.74 Å². The van der Waals surface area contributed by atoms with Gasteiger partial charge in [0.2, 0.25) is 0 Å². The number of benzene rings is 2. The second-order valence-corrected chi connectivity index (χ2v) is 13.0. The van der Waals surface area contributed by atoms with Gasteiger partial charge in [-0.1, -0.05) is 22.0 Å². The standard InChI is InChI=1S/C25H34BrN3O5S/c1-16(2)35(32,33)22-11-10-21(13-19(22)14-27-24(31)34-25(4,5)6)28-23(30)29(7)15-18-8-9-20(26)12-17(18)3/h8-13,16H,14-15H2,1-7H3,(H,27,31)(H,28,30). The molecule has 0 radical (unpaired) electrons. The lowest BCUT2D eigenvalue weighted by atomic mass is 10.1. The Bertz CT molecular complexity index is 1190. The average Bonchev–Trinajstić information content (AvgIpc) is 2.72. The van der Waals surface area contributed by atoms with Gasteiger partial charge in [0, 0.05) is 30.3 Å². The summed E-state index contributed by atoms with van der Waals surface area (Å²) >= 11 is 3.44. The van der Waals surface area contributed by atoms with Gasteiger partial charge in [-0.15, -0.1) is 0 Å². The maximum Gasteiger partial charge on any atom is 0.407 e. The van der Waals surface area contributed by atoms with Crippen molar-refractivity contribution in [3.63, 3.8) is 0 Å². The Morgan fingerprint density at radius 3 is 2.31 bits per heavy atom. The molecule has 0 heterocycles. The van der Waals surface area contributed by atoms with Crippen molar-refractivity contribution in [3.8, 4) is 0 Å². The predicted molar refractivity (Wildman–Crippen MR) is 141 cm³/mol. The van der Waals surface area contributed by atoms with Crippen LogP contribution in [0.5, 0.6) is 0 Å². The number of rotatable bonds is 7. The lowest BCUT2D eigenvalue weighted by molar-refractivity contribution is 0.0523. The Hall–Kier alpha value is -2.59.